The van der Waals surface area contributed by atoms with Gasteiger partial charge in [-0.25, -0.2) is 0 Å². The minimum Gasteiger partial charge on any atom is -0.376 e. The molecular weight excluding hydrogens is 270 g/mol. The summed E-state index contributed by atoms with van der Waals surface area (Å²) >= 11 is 1.67. The van der Waals surface area contributed by atoms with Crippen molar-refractivity contribution in [3.05, 3.63) is 46.7 Å². The first kappa shape index (κ1) is 13.3. The standard InChI is InChI=1S/C16H17NO2S/c18-16(17-10-15-2-1-8-19-15)13-5-3-12(4-6-13)14-7-9-20-11-14/h3-7,9,11,15H,1-2,8,10H2,(H,17,18). The number of nitrogens with one attached hydrogen (secondary N) is 1. The molecule has 104 valence electrons. The minimum atomic E-state index is -0.0302. The zero-order valence-corrected chi connectivity index (χ0v) is 12.0. The van der Waals surface area contributed by atoms with Gasteiger partial charge in [-0.15, -0.1) is 0 Å². The van der Waals surface area contributed by atoms with Crippen molar-refractivity contribution >= 4 is 17.2 Å². The normalized spacial score (nSPS) is 18.1. The topological polar surface area (TPSA) is 38.3 Å². The van der Waals surface area contributed by atoms with E-state index in [1.54, 1.807) is 11.3 Å². The van der Waals surface area contributed by atoms with Gasteiger partial charge in [-0.05, 0) is 52.9 Å². The molecule has 0 aliphatic carbocycles. The van der Waals surface area contributed by atoms with Crippen LogP contribution in [0.5, 0.6) is 0 Å². The molecule has 0 saturated carbocycles. The Bertz CT molecular complexity index is 557. The molecule has 1 amide bonds. The molecule has 4 heteroatoms. The Labute approximate surface area is 122 Å². The van der Waals surface area contributed by atoms with Gasteiger partial charge < -0.3 is 10.1 Å². The van der Waals surface area contributed by atoms with Gasteiger partial charge in [0.15, 0.2) is 0 Å². The van der Waals surface area contributed by atoms with Crippen LogP contribution in [-0.4, -0.2) is 25.2 Å². The summed E-state index contributed by atoms with van der Waals surface area (Å²) < 4.78 is 5.49. The number of rotatable bonds is 4. The van der Waals surface area contributed by atoms with Gasteiger partial charge in [0.05, 0.1) is 6.10 Å². The quantitative estimate of drug-likeness (QED) is 0.936. The van der Waals surface area contributed by atoms with Crippen LogP contribution in [0, 0.1) is 0 Å². The fourth-order valence-electron chi connectivity index (χ4n) is 2.36. The predicted octanol–water partition coefficient (Wildman–Crippen LogP) is 3.32. The van der Waals surface area contributed by atoms with Gasteiger partial charge in [0, 0.05) is 18.7 Å². The summed E-state index contributed by atoms with van der Waals surface area (Å²) in [5.41, 5.74) is 3.03. The van der Waals surface area contributed by atoms with Crippen molar-refractivity contribution in [2.45, 2.75) is 18.9 Å². The first-order chi connectivity index (χ1) is 9.83. The summed E-state index contributed by atoms with van der Waals surface area (Å²) in [6, 6.07) is 9.80. The van der Waals surface area contributed by atoms with Gasteiger partial charge in [0.1, 0.15) is 0 Å². The zero-order chi connectivity index (χ0) is 13.8. The van der Waals surface area contributed by atoms with Gasteiger partial charge in [0.2, 0.25) is 0 Å². The van der Waals surface area contributed by atoms with Crippen LogP contribution in [0.3, 0.4) is 0 Å². The largest absolute Gasteiger partial charge is 0.376 e. The first-order valence-corrected chi connectivity index (χ1v) is 7.79. The van der Waals surface area contributed by atoms with Crippen LogP contribution < -0.4 is 5.32 Å². The lowest BCUT2D eigenvalue weighted by Gasteiger charge is -2.11. The third-order valence-corrected chi connectivity index (χ3v) is 4.20. The average molecular weight is 287 g/mol. The number of amides is 1. The third-order valence-electron chi connectivity index (χ3n) is 3.52. The molecule has 0 radical (unpaired) electrons. The molecule has 3 nitrogen and oxygen atoms in total. The molecule has 1 saturated heterocycles. The van der Waals surface area contributed by atoms with Crippen molar-refractivity contribution in [1.82, 2.24) is 5.32 Å². The van der Waals surface area contributed by atoms with Crippen molar-refractivity contribution in [1.29, 1.82) is 0 Å². The lowest BCUT2D eigenvalue weighted by atomic mass is 10.1. The van der Waals surface area contributed by atoms with E-state index < -0.39 is 0 Å². The number of hydrogen-bond donors (Lipinski definition) is 1. The van der Waals surface area contributed by atoms with Crippen LogP contribution in [0.1, 0.15) is 23.2 Å². The Morgan fingerprint density at radius 2 is 2.10 bits per heavy atom. The van der Waals surface area contributed by atoms with E-state index in [-0.39, 0.29) is 12.0 Å². The Balaban J connectivity index is 1.60. The fourth-order valence-corrected chi connectivity index (χ4v) is 3.02. The Morgan fingerprint density at radius 3 is 2.75 bits per heavy atom. The average Bonchev–Trinajstić information content (AvgIpc) is 3.18. The van der Waals surface area contributed by atoms with Crippen LogP contribution in [0.15, 0.2) is 41.1 Å². The smallest absolute Gasteiger partial charge is 0.251 e. The molecule has 2 aromatic rings. The highest BCUT2D eigenvalue weighted by molar-refractivity contribution is 7.08. The number of thiophene rings is 1. The lowest BCUT2D eigenvalue weighted by molar-refractivity contribution is 0.0858. The van der Waals surface area contributed by atoms with E-state index in [1.807, 2.05) is 24.3 Å². The van der Waals surface area contributed by atoms with E-state index in [1.165, 1.54) is 5.56 Å². The first-order valence-electron chi connectivity index (χ1n) is 6.85. The van der Waals surface area contributed by atoms with Crippen LogP contribution in [0.4, 0.5) is 0 Å². The maximum Gasteiger partial charge on any atom is 0.251 e. The van der Waals surface area contributed by atoms with Crippen molar-refractivity contribution in [3.8, 4) is 11.1 Å². The maximum atomic E-state index is 12.0. The van der Waals surface area contributed by atoms with Gasteiger partial charge in [0.25, 0.3) is 5.91 Å². The molecule has 1 N–H and O–H groups in total. The Morgan fingerprint density at radius 1 is 1.25 bits per heavy atom. The second-order valence-electron chi connectivity index (χ2n) is 4.93. The van der Waals surface area contributed by atoms with Crippen molar-refractivity contribution in [3.63, 3.8) is 0 Å². The van der Waals surface area contributed by atoms with Crippen molar-refractivity contribution in [2.24, 2.45) is 0 Å². The van der Waals surface area contributed by atoms with E-state index in [4.69, 9.17) is 4.74 Å². The molecule has 20 heavy (non-hydrogen) atoms. The molecule has 1 aromatic carbocycles. The molecular formula is C16H17NO2S. The molecule has 1 atom stereocenters. The third kappa shape index (κ3) is 3.08. The zero-order valence-electron chi connectivity index (χ0n) is 11.2. The summed E-state index contributed by atoms with van der Waals surface area (Å²) in [5, 5.41) is 7.09. The second kappa shape index (κ2) is 6.20. The molecule has 1 fully saturated rings. The maximum absolute atomic E-state index is 12.0. The van der Waals surface area contributed by atoms with Crippen LogP contribution in [-0.2, 0) is 4.74 Å². The van der Waals surface area contributed by atoms with Gasteiger partial charge in [-0.2, -0.15) is 11.3 Å². The molecule has 1 aromatic heterocycles. The second-order valence-corrected chi connectivity index (χ2v) is 5.71. The van der Waals surface area contributed by atoms with E-state index in [2.05, 4.69) is 22.1 Å². The summed E-state index contributed by atoms with van der Waals surface area (Å²) in [4.78, 5) is 12.0. The number of carbonyl (C=O) groups excluding carboxylic acids is 1. The summed E-state index contributed by atoms with van der Waals surface area (Å²) in [5.74, 6) is -0.0302. The van der Waals surface area contributed by atoms with E-state index in [9.17, 15) is 4.79 Å². The lowest BCUT2D eigenvalue weighted by Crippen LogP contribution is -2.31. The molecule has 3 rings (SSSR count). The Kier molecular flexibility index (Phi) is 4.14. The van der Waals surface area contributed by atoms with Gasteiger partial charge in [-0.3, -0.25) is 4.79 Å². The molecule has 0 spiro atoms. The summed E-state index contributed by atoms with van der Waals surface area (Å²) in [6.45, 7) is 1.42. The van der Waals surface area contributed by atoms with E-state index in [0.29, 0.717) is 12.1 Å². The highest BCUT2D eigenvalue weighted by Gasteiger charge is 2.16. The molecule has 1 unspecified atom stereocenters. The van der Waals surface area contributed by atoms with Crippen molar-refractivity contribution in [2.75, 3.05) is 13.2 Å². The number of benzene rings is 1. The van der Waals surface area contributed by atoms with Gasteiger partial charge in [-0.1, -0.05) is 12.1 Å². The molecule has 1 aliphatic heterocycles. The van der Waals surface area contributed by atoms with E-state index in [0.717, 1.165) is 25.0 Å². The predicted molar refractivity (Wildman–Crippen MR) is 81.1 cm³/mol. The number of carbonyl (C=O) groups is 1. The highest BCUT2D eigenvalue weighted by Crippen LogP contribution is 2.22. The Hall–Kier alpha value is -1.65. The monoisotopic (exact) mass is 287 g/mol. The number of ether oxygens (including phenoxy) is 1. The van der Waals surface area contributed by atoms with Crippen LogP contribution in [0.25, 0.3) is 11.1 Å². The van der Waals surface area contributed by atoms with Crippen LogP contribution >= 0.6 is 11.3 Å². The van der Waals surface area contributed by atoms with Crippen molar-refractivity contribution < 1.29 is 9.53 Å². The highest BCUT2D eigenvalue weighted by atomic mass is 32.1. The molecule has 0 bridgehead atoms. The SMILES string of the molecule is O=C(NCC1CCCO1)c1ccc(-c2ccsc2)cc1. The molecule has 2 heterocycles. The molecule has 1 aliphatic rings. The summed E-state index contributed by atoms with van der Waals surface area (Å²) in [7, 11) is 0. The minimum absolute atomic E-state index is 0.0302. The fraction of sp³-hybridized carbons (Fsp3) is 0.312. The summed E-state index contributed by atoms with van der Waals surface area (Å²) in [6.07, 6.45) is 2.32. The number of hydrogen-bond acceptors (Lipinski definition) is 3. The van der Waals surface area contributed by atoms with Crippen LogP contribution in [0.2, 0.25) is 0 Å². The van der Waals surface area contributed by atoms with Gasteiger partial charge >= 0.3 is 0 Å². The van der Waals surface area contributed by atoms with E-state index >= 15 is 0 Å².